The van der Waals surface area contributed by atoms with Gasteiger partial charge < -0.3 is 10.6 Å². The van der Waals surface area contributed by atoms with Crippen molar-refractivity contribution in [2.24, 2.45) is 5.41 Å². The lowest BCUT2D eigenvalue weighted by atomic mass is 9.62. The summed E-state index contributed by atoms with van der Waals surface area (Å²) in [6.45, 7) is 5.95. The van der Waals surface area contributed by atoms with Crippen molar-refractivity contribution >= 4 is 50.6 Å². The molecule has 0 radical (unpaired) electrons. The van der Waals surface area contributed by atoms with Crippen molar-refractivity contribution in [1.29, 1.82) is 0 Å². The molecular formula is C27H31Cl2F2N3O4S. The minimum Gasteiger partial charge on any atom is -0.325 e. The van der Waals surface area contributed by atoms with E-state index in [0.29, 0.717) is 12.1 Å². The Hall–Kier alpha value is -2.11. The van der Waals surface area contributed by atoms with Crippen LogP contribution in [0.3, 0.4) is 0 Å². The summed E-state index contributed by atoms with van der Waals surface area (Å²) in [5.74, 6) is -3.43. The number of hydrogen-bond acceptors (Lipinski definition) is 5. The van der Waals surface area contributed by atoms with Crippen molar-refractivity contribution in [2.45, 2.75) is 63.5 Å². The second-order valence-electron chi connectivity index (χ2n) is 11.5. The zero-order valence-corrected chi connectivity index (χ0v) is 24.3. The summed E-state index contributed by atoms with van der Waals surface area (Å²) in [6, 6.07) is 5.18. The summed E-state index contributed by atoms with van der Waals surface area (Å²) < 4.78 is 55.9. The van der Waals surface area contributed by atoms with Crippen LogP contribution in [0.1, 0.15) is 57.1 Å². The van der Waals surface area contributed by atoms with Crippen LogP contribution in [0.4, 0.5) is 14.5 Å². The molecule has 2 aromatic carbocycles. The van der Waals surface area contributed by atoms with E-state index in [0.717, 1.165) is 6.26 Å². The summed E-state index contributed by atoms with van der Waals surface area (Å²) in [5, 5.41) is 5.77. The highest BCUT2D eigenvalue weighted by molar-refractivity contribution is 7.88. The molecule has 39 heavy (non-hydrogen) atoms. The number of nitrogens with one attached hydrogen (secondary N) is 3. The molecule has 4 atom stereocenters. The van der Waals surface area contributed by atoms with Crippen molar-refractivity contribution in [1.82, 2.24) is 10.0 Å². The van der Waals surface area contributed by atoms with Crippen molar-refractivity contribution in [3.63, 3.8) is 0 Å². The highest BCUT2D eigenvalue weighted by atomic mass is 35.5. The first-order valence-corrected chi connectivity index (χ1v) is 15.2. The monoisotopic (exact) mass is 601 g/mol. The molecule has 0 saturated carbocycles. The zero-order valence-electron chi connectivity index (χ0n) is 22.0. The van der Waals surface area contributed by atoms with Crippen LogP contribution >= 0.6 is 23.2 Å². The van der Waals surface area contributed by atoms with Gasteiger partial charge in [-0.25, -0.2) is 21.9 Å². The topological polar surface area (TPSA) is 104 Å². The number of anilines is 1. The third kappa shape index (κ3) is 5.72. The van der Waals surface area contributed by atoms with Gasteiger partial charge in [0, 0.05) is 30.6 Å². The summed E-state index contributed by atoms with van der Waals surface area (Å²) in [5.41, 5.74) is -1.27. The fraction of sp³-hybridized carbons (Fsp3) is 0.481. The highest BCUT2D eigenvalue weighted by Gasteiger charge is 2.66. The Bertz CT molecular complexity index is 1430. The summed E-state index contributed by atoms with van der Waals surface area (Å²) in [7, 11) is -3.44. The number of benzene rings is 2. The molecule has 4 rings (SSSR count). The van der Waals surface area contributed by atoms with Crippen LogP contribution in [-0.4, -0.2) is 45.0 Å². The van der Waals surface area contributed by atoms with Gasteiger partial charge in [-0.2, -0.15) is 0 Å². The fourth-order valence-corrected chi connectivity index (χ4v) is 6.75. The first kappa shape index (κ1) is 29.9. The molecule has 0 aromatic heterocycles. The molecular weight excluding hydrogens is 571 g/mol. The quantitative estimate of drug-likeness (QED) is 0.373. The van der Waals surface area contributed by atoms with Gasteiger partial charge in [-0.05, 0) is 47.6 Å². The molecule has 212 valence electrons. The second-order valence-corrected chi connectivity index (χ2v) is 14.1. The van der Waals surface area contributed by atoms with E-state index in [9.17, 15) is 22.4 Å². The number of hydrogen-bond donors (Lipinski definition) is 3. The number of halogens is 4. The van der Waals surface area contributed by atoms with Gasteiger partial charge in [-0.3, -0.25) is 9.59 Å². The van der Waals surface area contributed by atoms with E-state index in [2.05, 4.69) is 15.4 Å². The average molecular weight is 603 g/mol. The Labute approximate surface area is 237 Å². The number of Topliss-reactive ketones (excluding diaryl/α,β-unsaturated/α-hetero) is 1. The molecule has 0 unspecified atom stereocenters. The summed E-state index contributed by atoms with van der Waals surface area (Å²) >= 11 is 12.2. The number of ketones is 1. The highest BCUT2D eigenvalue weighted by Crippen LogP contribution is 2.57. The summed E-state index contributed by atoms with van der Waals surface area (Å²) in [6.07, 6.45) is 1.56. The molecule has 2 aromatic rings. The van der Waals surface area contributed by atoms with Crippen molar-refractivity contribution < 1.29 is 26.8 Å². The Morgan fingerprint density at radius 1 is 1.15 bits per heavy atom. The minimum absolute atomic E-state index is 0.0388. The fourth-order valence-electron chi connectivity index (χ4n) is 5.89. The molecule has 7 nitrogen and oxygen atoms in total. The maximum absolute atomic E-state index is 15.7. The minimum atomic E-state index is -3.44. The molecule has 2 aliphatic rings. The van der Waals surface area contributed by atoms with E-state index in [-0.39, 0.29) is 51.8 Å². The number of amides is 1. The molecule has 3 N–H and O–H groups in total. The molecule has 12 heteroatoms. The lowest BCUT2D eigenvalue weighted by molar-refractivity contribution is -0.122. The van der Waals surface area contributed by atoms with Gasteiger partial charge in [0.25, 0.3) is 0 Å². The maximum atomic E-state index is 15.7. The molecule has 1 amide bonds. The lowest BCUT2D eigenvalue weighted by Gasteiger charge is -2.37. The van der Waals surface area contributed by atoms with Gasteiger partial charge in [0.15, 0.2) is 0 Å². The van der Waals surface area contributed by atoms with E-state index < -0.39 is 51.0 Å². The number of rotatable bonds is 8. The molecule has 2 heterocycles. The predicted molar refractivity (Wildman–Crippen MR) is 148 cm³/mol. The summed E-state index contributed by atoms with van der Waals surface area (Å²) in [4.78, 5) is 27.8. The van der Waals surface area contributed by atoms with Crippen LogP contribution in [-0.2, 0) is 25.0 Å². The molecule has 1 saturated heterocycles. The van der Waals surface area contributed by atoms with Gasteiger partial charge in [0.05, 0.1) is 22.3 Å². The normalized spacial score (nSPS) is 24.7. The largest absolute Gasteiger partial charge is 0.325 e. The van der Waals surface area contributed by atoms with E-state index in [1.165, 1.54) is 24.3 Å². The van der Waals surface area contributed by atoms with Crippen LogP contribution in [0.25, 0.3) is 0 Å². The van der Waals surface area contributed by atoms with Crippen LogP contribution in [0.15, 0.2) is 30.3 Å². The molecule has 1 spiro atoms. The molecule has 0 aliphatic carbocycles. The van der Waals surface area contributed by atoms with Gasteiger partial charge in [0.1, 0.15) is 22.8 Å². The third-order valence-corrected chi connectivity index (χ3v) is 8.64. The van der Waals surface area contributed by atoms with E-state index in [1.807, 2.05) is 20.8 Å². The van der Waals surface area contributed by atoms with E-state index in [1.54, 1.807) is 6.07 Å². The molecule has 0 bridgehead atoms. The van der Waals surface area contributed by atoms with E-state index >= 15 is 4.39 Å². The van der Waals surface area contributed by atoms with Crippen molar-refractivity contribution in [3.05, 3.63) is 63.1 Å². The van der Waals surface area contributed by atoms with Gasteiger partial charge in [0.2, 0.25) is 15.9 Å². The number of sulfonamides is 1. The van der Waals surface area contributed by atoms with Crippen LogP contribution in [0.2, 0.25) is 10.0 Å². The third-order valence-electron chi connectivity index (χ3n) is 7.33. The van der Waals surface area contributed by atoms with Crippen LogP contribution in [0, 0.1) is 17.0 Å². The predicted octanol–water partition coefficient (Wildman–Crippen LogP) is 4.92. The maximum Gasteiger partial charge on any atom is 0.237 e. The first-order valence-electron chi connectivity index (χ1n) is 12.5. The SMILES string of the molecule is CC(C)(C)C[C@H]1N[C@@H](C(=O)CCCNS(C)(=O)=O)[C@H](c2cccc(Cl)c2F)[C@@]12C(=O)Nc1cc(Cl)c(F)cc12. The second kappa shape index (κ2) is 10.7. The Kier molecular flexibility index (Phi) is 8.20. The Morgan fingerprint density at radius 2 is 1.85 bits per heavy atom. The van der Waals surface area contributed by atoms with Crippen molar-refractivity contribution in [3.8, 4) is 0 Å². The van der Waals surface area contributed by atoms with E-state index in [4.69, 9.17) is 23.2 Å². The Balaban J connectivity index is 1.90. The standard InChI is InChI=1S/C27H31Cl2F2N3O4S/c1-26(2,3)13-21-27(15-11-18(30)17(29)12-19(15)33-25(27)36)22(14-7-5-8-16(28)23(14)31)24(34-21)20(35)9-6-10-32-39(4,37)38/h5,7-8,11-12,21-22,24,32,34H,6,9-10,13H2,1-4H3,(H,33,36)/t21-,22+,24+,27+/m1/s1. The van der Waals surface area contributed by atoms with Crippen LogP contribution in [0.5, 0.6) is 0 Å². The first-order chi connectivity index (χ1) is 18.1. The van der Waals surface area contributed by atoms with Crippen LogP contribution < -0.4 is 15.4 Å². The zero-order chi connectivity index (χ0) is 28.9. The molecule has 1 fully saturated rings. The van der Waals surface area contributed by atoms with Gasteiger partial charge >= 0.3 is 0 Å². The number of fused-ring (bicyclic) bond motifs is 2. The lowest BCUT2D eigenvalue weighted by Crippen LogP contribution is -2.49. The smallest absolute Gasteiger partial charge is 0.237 e. The average Bonchev–Trinajstić information content (AvgIpc) is 3.27. The molecule has 2 aliphatic heterocycles. The van der Waals surface area contributed by atoms with Gasteiger partial charge in [-0.15, -0.1) is 0 Å². The number of carbonyl (C=O) groups is 2. The Morgan fingerprint density at radius 3 is 2.49 bits per heavy atom. The van der Waals surface area contributed by atoms with Gasteiger partial charge in [-0.1, -0.05) is 56.1 Å². The van der Waals surface area contributed by atoms with Crippen molar-refractivity contribution in [2.75, 3.05) is 18.1 Å². The number of carbonyl (C=O) groups excluding carboxylic acids is 2.